The zero-order valence-electron chi connectivity index (χ0n) is 16.4. The minimum absolute atomic E-state index is 0.168. The standard InChI is InChI=1S/C23H22FN3O3/c24-21-8-4-9-22-20(21)15-27(11-12-29-22)23(28)26-14-17-5-3-7-19(13-17)30-16-18-6-1-2-10-25-18/h1-10,13H,11-12,14-16H2,(H,26,28). The first-order valence-electron chi connectivity index (χ1n) is 9.73. The Hall–Kier alpha value is -3.61. The van der Waals surface area contributed by atoms with Crippen molar-refractivity contribution in [1.82, 2.24) is 15.2 Å². The number of hydrogen-bond donors (Lipinski definition) is 1. The van der Waals surface area contributed by atoms with Gasteiger partial charge in [-0.25, -0.2) is 9.18 Å². The Morgan fingerprint density at radius 2 is 2.07 bits per heavy atom. The summed E-state index contributed by atoms with van der Waals surface area (Å²) in [4.78, 5) is 18.4. The molecule has 0 spiro atoms. The number of amides is 2. The van der Waals surface area contributed by atoms with Crippen LogP contribution in [0.25, 0.3) is 0 Å². The van der Waals surface area contributed by atoms with Gasteiger partial charge in [0, 0.05) is 18.3 Å². The summed E-state index contributed by atoms with van der Waals surface area (Å²) in [7, 11) is 0. The highest BCUT2D eigenvalue weighted by Crippen LogP contribution is 2.25. The van der Waals surface area contributed by atoms with E-state index in [2.05, 4.69) is 10.3 Å². The average Bonchev–Trinajstić information content (AvgIpc) is 3.01. The maximum atomic E-state index is 14.1. The van der Waals surface area contributed by atoms with Gasteiger partial charge < -0.3 is 19.7 Å². The third-order valence-electron chi connectivity index (χ3n) is 4.79. The largest absolute Gasteiger partial charge is 0.491 e. The Balaban J connectivity index is 1.34. The molecule has 0 fully saturated rings. The summed E-state index contributed by atoms with van der Waals surface area (Å²) >= 11 is 0. The topological polar surface area (TPSA) is 63.7 Å². The number of nitrogens with one attached hydrogen (secondary N) is 1. The normalized spacial score (nSPS) is 13.0. The molecule has 1 N–H and O–H groups in total. The van der Waals surface area contributed by atoms with Crippen LogP contribution >= 0.6 is 0 Å². The van der Waals surface area contributed by atoms with Gasteiger partial charge in [0.2, 0.25) is 0 Å². The molecule has 0 bridgehead atoms. The van der Waals surface area contributed by atoms with E-state index >= 15 is 0 Å². The summed E-state index contributed by atoms with van der Waals surface area (Å²) in [6, 6.07) is 17.6. The fourth-order valence-corrected chi connectivity index (χ4v) is 3.21. The van der Waals surface area contributed by atoms with Crippen molar-refractivity contribution in [1.29, 1.82) is 0 Å². The first-order chi connectivity index (χ1) is 14.7. The van der Waals surface area contributed by atoms with Crippen molar-refractivity contribution < 1.29 is 18.7 Å². The molecular formula is C23H22FN3O3. The van der Waals surface area contributed by atoms with Crippen molar-refractivity contribution in [2.45, 2.75) is 19.7 Å². The second-order valence-corrected chi connectivity index (χ2v) is 6.90. The third kappa shape index (κ3) is 4.86. The molecule has 1 aliphatic heterocycles. The van der Waals surface area contributed by atoms with E-state index in [0.29, 0.717) is 43.4 Å². The van der Waals surface area contributed by atoms with E-state index in [0.717, 1.165) is 11.3 Å². The maximum Gasteiger partial charge on any atom is 0.318 e. The van der Waals surface area contributed by atoms with Gasteiger partial charge in [0.25, 0.3) is 0 Å². The number of rotatable bonds is 5. The van der Waals surface area contributed by atoms with E-state index in [1.807, 2.05) is 42.5 Å². The number of carbonyl (C=O) groups excluding carboxylic acids is 1. The molecule has 7 heteroatoms. The van der Waals surface area contributed by atoms with Gasteiger partial charge in [-0.1, -0.05) is 24.3 Å². The van der Waals surface area contributed by atoms with Crippen molar-refractivity contribution in [3.05, 3.63) is 89.5 Å². The Morgan fingerprint density at radius 3 is 2.93 bits per heavy atom. The number of ether oxygens (including phenoxy) is 2. The summed E-state index contributed by atoms with van der Waals surface area (Å²) in [6.45, 7) is 1.57. The minimum atomic E-state index is -0.370. The molecule has 1 aliphatic rings. The van der Waals surface area contributed by atoms with E-state index in [1.54, 1.807) is 23.2 Å². The summed E-state index contributed by atoms with van der Waals surface area (Å²) < 4.78 is 25.5. The van der Waals surface area contributed by atoms with Crippen LogP contribution in [-0.2, 0) is 19.7 Å². The average molecular weight is 407 g/mol. The van der Waals surface area contributed by atoms with Crippen molar-refractivity contribution in [3.8, 4) is 11.5 Å². The smallest absolute Gasteiger partial charge is 0.318 e. The first kappa shape index (κ1) is 19.7. The number of halogens is 1. The van der Waals surface area contributed by atoms with Gasteiger partial charge in [-0.15, -0.1) is 0 Å². The van der Waals surface area contributed by atoms with E-state index in [-0.39, 0.29) is 18.4 Å². The molecule has 0 saturated carbocycles. The maximum absolute atomic E-state index is 14.1. The van der Waals surface area contributed by atoms with Crippen LogP contribution in [0.1, 0.15) is 16.8 Å². The molecule has 2 amide bonds. The molecule has 2 aromatic carbocycles. The van der Waals surface area contributed by atoms with Gasteiger partial charge in [0.05, 0.1) is 18.8 Å². The summed E-state index contributed by atoms with van der Waals surface area (Å²) in [6.07, 6.45) is 1.72. The number of urea groups is 1. The fraction of sp³-hybridized carbons (Fsp3) is 0.217. The summed E-state index contributed by atoms with van der Waals surface area (Å²) in [5, 5.41) is 2.89. The Kier molecular flexibility index (Phi) is 6.08. The number of nitrogens with zero attached hydrogens (tertiary/aromatic N) is 2. The molecule has 30 heavy (non-hydrogen) atoms. The lowest BCUT2D eigenvalue weighted by Gasteiger charge is -2.20. The van der Waals surface area contributed by atoms with Crippen LogP contribution < -0.4 is 14.8 Å². The van der Waals surface area contributed by atoms with E-state index in [4.69, 9.17) is 9.47 Å². The molecule has 4 rings (SSSR count). The highest BCUT2D eigenvalue weighted by Gasteiger charge is 2.22. The number of aromatic nitrogens is 1. The van der Waals surface area contributed by atoms with Gasteiger partial charge in [-0.3, -0.25) is 4.98 Å². The number of carbonyl (C=O) groups is 1. The van der Waals surface area contributed by atoms with Crippen LogP contribution in [0.4, 0.5) is 9.18 Å². The Labute approximate surface area is 174 Å². The van der Waals surface area contributed by atoms with E-state index < -0.39 is 0 Å². The number of fused-ring (bicyclic) bond motifs is 1. The summed E-state index contributed by atoms with van der Waals surface area (Å²) in [5.74, 6) is 0.819. The second-order valence-electron chi connectivity index (χ2n) is 6.90. The van der Waals surface area contributed by atoms with Crippen LogP contribution in [0, 0.1) is 5.82 Å². The van der Waals surface area contributed by atoms with Crippen LogP contribution in [0.15, 0.2) is 66.9 Å². The zero-order valence-corrected chi connectivity index (χ0v) is 16.4. The summed E-state index contributed by atoms with van der Waals surface area (Å²) in [5.41, 5.74) is 2.14. The predicted octanol–water partition coefficient (Wildman–Crippen LogP) is 3.90. The van der Waals surface area contributed by atoms with Crippen molar-refractivity contribution in [2.75, 3.05) is 13.2 Å². The molecule has 0 unspecified atom stereocenters. The molecule has 6 nitrogen and oxygen atoms in total. The van der Waals surface area contributed by atoms with Crippen LogP contribution in [0.2, 0.25) is 0 Å². The Morgan fingerprint density at radius 1 is 1.17 bits per heavy atom. The third-order valence-corrected chi connectivity index (χ3v) is 4.79. The van der Waals surface area contributed by atoms with Crippen molar-refractivity contribution >= 4 is 6.03 Å². The van der Waals surface area contributed by atoms with Gasteiger partial charge in [0.1, 0.15) is 30.5 Å². The van der Waals surface area contributed by atoms with Gasteiger partial charge in [-0.05, 0) is 42.0 Å². The number of benzene rings is 2. The predicted molar refractivity (Wildman–Crippen MR) is 110 cm³/mol. The van der Waals surface area contributed by atoms with Crippen molar-refractivity contribution in [2.24, 2.45) is 0 Å². The zero-order chi connectivity index (χ0) is 20.8. The fourth-order valence-electron chi connectivity index (χ4n) is 3.21. The van der Waals surface area contributed by atoms with Crippen LogP contribution in [-0.4, -0.2) is 29.1 Å². The van der Waals surface area contributed by atoms with Gasteiger partial charge in [-0.2, -0.15) is 0 Å². The van der Waals surface area contributed by atoms with E-state index in [1.165, 1.54) is 6.07 Å². The van der Waals surface area contributed by atoms with Crippen LogP contribution in [0.3, 0.4) is 0 Å². The molecular weight excluding hydrogens is 385 g/mol. The quantitative estimate of drug-likeness (QED) is 0.697. The minimum Gasteiger partial charge on any atom is -0.491 e. The highest BCUT2D eigenvalue weighted by atomic mass is 19.1. The molecule has 2 heterocycles. The van der Waals surface area contributed by atoms with Crippen molar-refractivity contribution in [3.63, 3.8) is 0 Å². The molecule has 1 aromatic heterocycles. The molecule has 0 aliphatic carbocycles. The Bertz CT molecular complexity index is 1010. The lowest BCUT2D eigenvalue weighted by molar-refractivity contribution is 0.187. The SMILES string of the molecule is O=C(NCc1cccc(OCc2ccccn2)c1)N1CCOc2cccc(F)c2C1. The van der Waals surface area contributed by atoms with Crippen LogP contribution in [0.5, 0.6) is 11.5 Å². The van der Waals surface area contributed by atoms with Gasteiger partial charge >= 0.3 is 6.03 Å². The molecule has 154 valence electrons. The monoisotopic (exact) mass is 407 g/mol. The van der Waals surface area contributed by atoms with Gasteiger partial charge in [0.15, 0.2) is 0 Å². The second kappa shape index (κ2) is 9.26. The highest BCUT2D eigenvalue weighted by molar-refractivity contribution is 5.74. The van der Waals surface area contributed by atoms with E-state index in [9.17, 15) is 9.18 Å². The number of pyridine rings is 1. The lowest BCUT2D eigenvalue weighted by Crippen LogP contribution is -2.40. The lowest BCUT2D eigenvalue weighted by atomic mass is 10.2. The number of hydrogen-bond acceptors (Lipinski definition) is 4. The first-order valence-corrected chi connectivity index (χ1v) is 9.73. The molecule has 0 radical (unpaired) electrons. The molecule has 3 aromatic rings. The molecule has 0 saturated heterocycles. The molecule has 0 atom stereocenters.